The molecule has 6 nitrogen and oxygen atoms in total. The molecule has 0 unspecified atom stereocenters. The molecule has 0 radical (unpaired) electrons. The van der Waals surface area contributed by atoms with Crippen LogP contribution in [0.15, 0.2) is 24.4 Å². The van der Waals surface area contributed by atoms with Gasteiger partial charge in [-0.1, -0.05) is 6.07 Å². The Kier molecular flexibility index (Phi) is 4.10. The lowest BCUT2D eigenvalue weighted by Gasteiger charge is -2.31. The molecule has 0 spiro atoms. The topological polar surface area (TPSA) is 71.0 Å². The fraction of sp³-hybridized carbons (Fsp3) is 0.429. The van der Waals surface area contributed by atoms with Gasteiger partial charge in [0.25, 0.3) is 5.91 Å². The zero-order chi connectivity index (χ0) is 14.7. The molecular formula is C14H17N5OS. The highest BCUT2D eigenvalue weighted by molar-refractivity contribution is 7.09. The van der Waals surface area contributed by atoms with Crippen molar-refractivity contribution in [1.82, 2.24) is 19.7 Å². The number of nitrogens with zero attached hydrogens (tertiary/aromatic N) is 4. The highest BCUT2D eigenvalue weighted by Gasteiger charge is 2.23. The molecule has 7 heteroatoms. The minimum Gasteiger partial charge on any atom is -0.348 e. The van der Waals surface area contributed by atoms with Crippen molar-refractivity contribution in [2.75, 3.05) is 18.0 Å². The van der Waals surface area contributed by atoms with Crippen molar-refractivity contribution in [1.29, 1.82) is 0 Å². The molecule has 2 aromatic heterocycles. The van der Waals surface area contributed by atoms with Crippen molar-refractivity contribution in [2.24, 2.45) is 0 Å². The predicted octanol–water partition coefficient (Wildman–Crippen LogP) is 1.64. The number of carbonyl (C=O) groups is 1. The van der Waals surface area contributed by atoms with Crippen LogP contribution in [0.3, 0.4) is 0 Å². The third kappa shape index (κ3) is 3.36. The van der Waals surface area contributed by atoms with E-state index in [1.807, 2.05) is 13.0 Å². The molecule has 110 valence electrons. The molecule has 1 saturated heterocycles. The van der Waals surface area contributed by atoms with E-state index in [0.717, 1.165) is 36.9 Å². The number of anilines is 1. The smallest absolute Gasteiger partial charge is 0.270 e. The molecule has 2 aromatic rings. The number of pyridine rings is 1. The van der Waals surface area contributed by atoms with Crippen LogP contribution in [0.2, 0.25) is 0 Å². The standard InChI is InChI=1S/C14H17N5OS/c1-10-16-14(21-18-10)19-8-5-11(6-9-19)17-13(20)12-4-2-3-7-15-12/h2-4,7,11H,5-6,8-9H2,1H3,(H,17,20). The Balaban J connectivity index is 1.53. The van der Waals surface area contributed by atoms with Crippen molar-refractivity contribution >= 4 is 22.6 Å². The van der Waals surface area contributed by atoms with Gasteiger partial charge in [-0.25, -0.2) is 4.98 Å². The van der Waals surface area contributed by atoms with Gasteiger partial charge in [-0.05, 0) is 31.9 Å². The summed E-state index contributed by atoms with van der Waals surface area (Å²) in [7, 11) is 0. The van der Waals surface area contributed by atoms with Gasteiger partial charge in [-0.3, -0.25) is 9.78 Å². The zero-order valence-electron chi connectivity index (χ0n) is 11.8. The molecule has 21 heavy (non-hydrogen) atoms. The molecule has 3 heterocycles. The van der Waals surface area contributed by atoms with Crippen LogP contribution < -0.4 is 10.2 Å². The third-order valence-corrected chi connectivity index (χ3v) is 4.38. The fourth-order valence-electron chi connectivity index (χ4n) is 2.39. The lowest BCUT2D eigenvalue weighted by Crippen LogP contribution is -2.44. The molecule has 0 aliphatic carbocycles. The van der Waals surface area contributed by atoms with Gasteiger partial charge in [0.05, 0.1) is 0 Å². The van der Waals surface area contributed by atoms with E-state index in [9.17, 15) is 4.79 Å². The minimum atomic E-state index is -0.0965. The molecular weight excluding hydrogens is 286 g/mol. The van der Waals surface area contributed by atoms with E-state index in [1.165, 1.54) is 11.5 Å². The average Bonchev–Trinajstić information content (AvgIpc) is 2.95. The zero-order valence-corrected chi connectivity index (χ0v) is 12.6. The lowest BCUT2D eigenvalue weighted by atomic mass is 10.1. The first-order chi connectivity index (χ1) is 10.2. The molecule has 0 saturated carbocycles. The van der Waals surface area contributed by atoms with Crippen LogP contribution in [0.5, 0.6) is 0 Å². The molecule has 0 bridgehead atoms. The van der Waals surface area contributed by atoms with Crippen LogP contribution in [0.1, 0.15) is 29.2 Å². The number of hydrogen-bond donors (Lipinski definition) is 1. The van der Waals surface area contributed by atoms with Gasteiger partial charge in [-0.15, -0.1) is 0 Å². The Morgan fingerprint density at radius 1 is 1.38 bits per heavy atom. The first-order valence-electron chi connectivity index (χ1n) is 6.99. The Morgan fingerprint density at radius 3 is 2.81 bits per heavy atom. The van der Waals surface area contributed by atoms with E-state index in [1.54, 1.807) is 18.3 Å². The highest BCUT2D eigenvalue weighted by atomic mass is 32.1. The summed E-state index contributed by atoms with van der Waals surface area (Å²) in [6, 6.07) is 5.56. The molecule has 0 aromatic carbocycles. The summed E-state index contributed by atoms with van der Waals surface area (Å²) in [4.78, 5) is 22.8. The van der Waals surface area contributed by atoms with Gasteiger partial charge in [0.15, 0.2) is 0 Å². The average molecular weight is 303 g/mol. The summed E-state index contributed by atoms with van der Waals surface area (Å²) in [5, 5.41) is 4.03. The second kappa shape index (κ2) is 6.17. The maximum absolute atomic E-state index is 12.1. The summed E-state index contributed by atoms with van der Waals surface area (Å²) in [5.74, 6) is 0.724. The maximum Gasteiger partial charge on any atom is 0.270 e. The molecule has 1 aliphatic rings. The Labute approximate surface area is 127 Å². The van der Waals surface area contributed by atoms with Crippen LogP contribution in [-0.2, 0) is 0 Å². The molecule has 1 aliphatic heterocycles. The maximum atomic E-state index is 12.1. The van der Waals surface area contributed by atoms with E-state index in [0.29, 0.717) is 5.69 Å². The first-order valence-corrected chi connectivity index (χ1v) is 7.77. The third-order valence-electron chi connectivity index (χ3n) is 3.52. The van der Waals surface area contributed by atoms with Gasteiger partial charge in [0.2, 0.25) is 5.13 Å². The molecule has 3 rings (SSSR count). The van der Waals surface area contributed by atoms with Gasteiger partial charge in [-0.2, -0.15) is 4.37 Å². The lowest BCUT2D eigenvalue weighted by molar-refractivity contribution is 0.0926. The summed E-state index contributed by atoms with van der Waals surface area (Å²) in [6.45, 7) is 3.68. The van der Waals surface area contributed by atoms with E-state index in [2.05, 4.69) is 24.6 Å². The summed E-state index contributed by atoms with van der Waals surface area (Å²) in [6.07, 6.45) is 3.46. The fourth-order valence-corrected chi connectivity index (χ4v) is 3.11. The van der Waals surface area contributed by atoms with Crippen molar-refractivity contribution in [3.8, 4) is 0 Å². The largest absolute Gasteiger partial charge is 0.348 e. The monoisotopic (exact) mass is 303 g/mol. The molecule has 1 N–H and O–H groups in total. The number of carbonyl (C=O) groups excluding carboxylic acids is 1. The Morgan fingerprint density at radius 2 is 2.19 bits per heavy atom. The van der Waals surface area contributed by atoms with Crippen molar-refractivity contribution in [3.05, 3.63) is 35.9 Å². The molecule has 1 amide bonds. The second-order valence-electron chi connectivity index (χ2n) is 5.07. The van der Waals surface area contributed by atoms with E-state index >= 15 is 0 Å². The van der Waals surface area contributed by atoms with Crippen LogP contribution in [0, 0.1) is 6.92 Å². The van der Waals surface area contributed by atoms with Gasteiger partial charge in [0.1, 0.15) is 11.5 Å². The number of nitrogens with one attached hydrogen (secondary N) is 1. The number of piperidine rings is 1. The van der Waals surface area contributed by atoms with Crippen molar-refractivity contribution in [2.45, 2.75) is 25.8 Å². The van der Waals surface area contributed by atoms with Gasteiger partial charge in [0, 0.05) is 36.9 Å². The van der Waals surface area contributed by atoms with Gasteiger partial charge < -0.3 is 10.2 Å². The van der Waals surface area contributed by atoms with E-state index < -0.39 is 0 Å². The number of aryl methyl sites for hydroxylation is 1. The van der Waals surface area contributed by atoms with E-state index in [-0.39, 0.29) is 11.9 Å². The number of amides is 1. The van der Waals surface area contributed by atoms with Gasteiger partial charge >= 0.3 is 0 Å². The normalized spacial score (nSPS) is 16.0. The first kappa shape index (κ1) is 13.9. The highest BCUT2D eigenvalue weighted by Crippen LogP contribution is 2.21. The number of rotatable bonds is 3. The number of hydrogen-bond acceptors (Lipinski definition) is 6. The molecule has 1 fully saturated rings. The summed E-state index contributed by atoms with van der Waals surface area (Å²) < 4.78 is 4.21. The summed E-state index contributed by atoms with van der Waals surface area (Å²) in [5.41, 5.74) is 0.472. The minimum absolute atomic E-state index is 0.0965. The van der Waals surface area contributed by atoms with Crippen molar-refractivity contribution in [3.63, 3.8) is 0 Å². The van der Waals surface area contributed by atoms with Crippen LogP contribution in [0.25, 0.3) is 0 Å². The van der Waals surface area contributed by atoms with Crippen LogP contribution >= 0.6 is 11.5 Å². The molecule has 0 atom stereocenters. The number of aromatic nitrogens is 3. The van der Waals surface area contributed by atoms with Crippen LogP contribution in [-0.4, -0.2) is 39.4 Å². The SMILES string of the molecule is Cc1nsc(N2CCC(NC(=O)c3ccccn3)CC2)n1. The quantitative estimate of drug-likeness (QED) is 0.933. The second-order valence-corrected chi connectivity index (χ2v) is 5.80. The van der Waals surface area contributed by atoms with Crippen molar-refractivity contribution < 1.29 is 4.79 Å². The predicted molar refractivity (Wildman–Crippen MR) is 81.6 cm³/mol. The van der Waals surface area contributed by atoms with Crippen LogP contribution in [0.4, 0.5) is 5.13 Å². The van der Waals surface area contributed by atoms with E-state index in [4.69, 9.17) is 0 Å². The summed E-state index contributed by atoms with van der Waals surface area (Å²) >= 11 is 1.44. The Hall–Kier alpha value is -2.02. The Bertz CT molecular complexity index is 607.